The van der Waals surface area contributed by atoms with Gasteiger partial charge in [0.05, 0.1) is 6.61 Å². The Hall–Kier alpha value is -2.00. The Bertz CT molecular complexity index is 554. The molecule has 3 heteroatoms. The molecule has 3 nitrogen and oxygen atoms in total. The monoisotopic (exact) mass is 285 g/mol. The molecule has 1 N–H and O–H groups in total. The number of hydrogen-bond donors (Lipinski definition) is 1. The predicted octanol–water partition coefficient (Wildman–Crippen LogP) is 3.56. The molecule has 2 aromatic carbocycles. The molecule has 2 aromatic rings. The Kier molecular flexibility index (Phi) is 6.10. The molecule has 0 aliphatic carbocycles. The molecule has 0 atom stereocenters. The topological polar surface area (TPSA) is 30.5 Å². The van der Waals surface area contributed by atoms with Crippen LogP contribution in [0.15, 0.2) is 48.5 Å². The van der Waals surface area contributed by atoms with Gasteiger partial charge >= 0.3 is 0 Å². The van der Waals surface area contributed by atoms with Crippen LogP contribution in [0, 0.1) is 6.92 Å². The lowest BCUT2D eigenvalue weighted by Gasteiger charge is -2.11. The third kappa shape index (κ3) is 5.12. The largest absolute Gasteiger partial charge is 0.494 e. The van der Waals surface area contributed by atoms with Crippen LogP contribution in [0.3, 0.4) is 0 Å². The lowest BCUT2D eigenvalue weighted by atomic mass is 10.2. The first-order chi connectivity index (χ1) is 10.3. The van der Waals surface area contributed by atoms with Gasteiger partial charge < -0.3 is 14.8 Å². The first-order valence-electron chi connectivity index (χ1n) is 7.40. The van der Waals surface area contributed by atoms with Crippen molar-refractivity contribution < 1.29 is 9.47 Å². The maximum atomic E-state index is 5.71. The molecular formula is C18H23NO2. The van der Waals surface area contributed by atoms with Crippen LogP contribution < -0.4 is 14.8 Å². The zero-order valence-corrected chi connectivity index (χ0v) is 12.8. The Morgan fingerprint density at radius 1 is 1.00 bits per heavy atom. The molecule has 0 unspecified atom stereocenters. The molecule has 0 amide bonds. The fourth-order valence-corrected chi connectivity index (χ4v) is 2.12. The highest BCUT2D eigenvalue weighted by atomic mass is 16.5. The van der Waals surface area contributed by atoms with Gasteiger partial charge in [0.1, 0.15) is 18.1 Å². The number of benzene rings is 2. The predicted molar refractivity (Wildman–Crippen MR) is 86.0 cm³/mol. The highest BCUT2D eigenvalue weighted by Crippen LogP contribution is 2.17. The third-order valence-electron chi connectivity index (χ3n) is 3.13. The summed E-state index contributed by atoms with van der Waals surface area (Å²) in [6, 6.07) is 16.2. The number of para-hydroxylation sites is 1. The second-order valence-corrected chi connectivity index (χ2v) is 4.88. The van der Waals surface area contributed by atoms with Gasteiger partial charge in [-0.05, 0) is 37.6 Å². The maximum Gasteiger partial charge on any atom is 0.123 e. The SMILES string of the molecule is CCOc1ccccc1CNCCOc1cccc(C)c1. The van der Waals surface area contributed by atoms with E-state index in [2.05, 4.69) is 24.4 Å². The summed E-state index contributed by atoms with van der Waals surface area (Å²) in [6.45, 7) is 6.99. The second kappa shape index (κ2) is 8.32. The first kappa shape index (κ1) is 15.4. The number of hydrogen-bond acceptors (Lipinski definition) is 3. The van der Waals surface area contributed by atoms with Crippen LogP contribution in [0.5, 0.6) is 11.5 Å². The van der Waals surface area contributed by atoms with Crippen molar-refractivity contribution in [1.82, 2.24) is 5.32 Å². The van der Waals surface area contributed by atoms with E-state index < -0.39 is 0 Å². The van der Waals surface area contributed by atoms with E-state index in [4.69, 9.17) is 9.47 Å². The summed E-state index contributed by atoms with van der Waals surface area (Å²) in [5, 5.41) is 3.38. The van der Waals surface area contributed by atoms with Crippen LogP contribution in [0.1, 0.15) is 18.1 Å². The van der Waals surface area contributed by atoms with E-state index in [1.54, 1.807) is 0 Å². The van der Waals surface area contributed by atoms with Gasteiger partial charge in [0.25, 0.3) is 0 Å². The van der Waals surface area contributed by atoms with Crippen LogP contribution in [0.4, 0.5) is 0 Å². The highest BCUT2D eigenvalue weighted by molar-refractivity contribution is 5.33. The molecule has 0 radical (unpaired) electrons. The minimum Gasteiger partial charge on any atom is -0.494 e. The molecule has 0 fully saturated rings. The lowest BCUT2D eigenvalue weighted by Crippen LogP contribution is -2.21. The van der Waals surface area contributed by atoms with Crippen molar-refractivity contribution in [2.45, 2.75) is 20.4 Å². The van der Waals surface area contributed by atoms with E-state index in [0.29, 0.717) is 13.2 Å². The van der Waals surface area contributed by atoms with E-state index in [0.717, 1.165) is 24.6 Å². The minimum absolute atomic E-state index is 0.653. The van der Waals surface area contributed by atoms with E-state index in [1.807, 2.05) is 43.3 Å². The van der Waals surface area contributed by atoms with Gasteiger partial charge in [-0.3, -0.25) is 0 Å². The van der Waals surface area contributed by atoms with Gasteiger partial charge in [-0.2, -0.15) is 0 Å². The number of ether oxygens (including phenoxy) is 2. The molecule has 2 rings (SSSR count). The molecule has 0 bridgehead atoms. The average molecular weight is 285 g/mol. The number of nitrogens with one attached hydrogen (secondary N) is 1. The van der Waals surface area contributed by atoms with Crippen LogP contribution in [-0.4, -0.2) is 19.8 Å². The van der Waals surface area contributed by atoms with E-state index in [9.17, 15) is 0 Å². The first-order valence-corrected chi connectivity index (χ1v) is 7.40. The van der Waals surface area contributed by atoms with Crippen molar-refractivity contribution in [3.05, 3.63) is 59.7 Å². The van der Waals surface area contributed by atoms with Crippen LogP contribution >= 0.6 is 0 Å². The van der Waals surface area contributed by atoms with Gasteiger partial charge in [-0.1, -0.05) is 30.3 Å². The smallest absolute Gasteiger partial charge is 0.123 e. The second-order valence-electron chi connectivity index (χ2n) is 4.88. The van der Waals surface area contributed by atoms with E-state index >= 15 is 0 Å². The van der Waals surface area contributed by atoms with Crippen molar-refractivity contribution in [2.75, 3.05) is 19.8 Å². The molecule has 0 aromatic heterocycles. The van der Waals surface area contributed by atoms with Gasteiger partial charge in [-0.25, -0.2) is 0 Å². The van der Waals surface area contributed by atoms with Crippen LogP contribution in [0.25, 0.3) is 0 Å². The van der Waals surface area contributed by atoms with Gasteiger partial charge in [0, 0.05) is 18.7 Å². The van der Waals surface area contributed by atoms with Crippen molar-refractivity contribution in [3.8, 4) is 11.5 Å². The summed E-state index contributed by atoms with van der Waals surface area (Å²) >= 11 is 0. The summed E-state index contributed by atoms with van der Waals surface area (Å²) in [7, 11) is 0. The van der Waals surface area contributed by atoms with Gasteiger partial charge in [0.2, 0.25) is 0 Å². The highest BCUT2D eigenvalue weighted by Gasteiger charge is 2.01. The molecule has 21 heavy (non-hydrogen) atoms. The number of rotatable bonds is 8. The van der Waals surface area contributed by atoms with Gasteiger partial charge in [0.15, 0.2) is 0 Å². The fourth-order valence-electron chi connectivity index (χ4n) is 2.12. The summed E-state index contributed by atoms with van der Waals surface area (Å²) < 4.78 is 11.3. The zero-order valence-electron chi connectivity index (χ0n) is 12.8. The fraction of sp³-hybridized carbons (Fsp3) is 0.333. The Morgan fingerprint density at radius 2 is 1.86 bits per heavy atom. The van der Waals surface area contributed by atoms with Crippen molar-refractivity contribution >= 4 is 0 Å². The summed E-state index contributed by atoms with van der Waals surface area (Å²) in [4.78, 5) is 0. The van der Waals surface area contributed by atoms with Crippen LogP contribution in [0.2, 0.25) is 0 Å². The maximum absolute atomic E-state index is 5.71. The molecule has 0 spiro atoms. The molecule has 0 saturated heterocycles. The van der Waals surface area contributed by atoms with Crippen LogP contribution in [-0.2, 0) is 6.54 Å². The lowest BCUT2D eigenvalue weighted by molar-refractivity contribution is 0.311. The number of aryl methyl sites for hydroxylation is 1. The zero-order chi connectivity index (χ0) is 14.9. The quantitative estimate of drug-likeness (QED) is 0.752. The standard InChI is InChI=1S/C18H23NO2/c1-3-20-18-10-5-4-8-16(18)14-19-11-12-21-17-9-6-7-15(2)13-17/h4-10,13,19H,3,11-12,14H2,1-2H3. The molecule has 112 valence electrons. The Balaban J connectivity index is 1.72. The van der Waals surface area contributed by atoms with Crippen molar-refractivity contribution in [3.63, 3.8) is 0 Å². The summed E-state index contributed by atoms with van der Waals surface area (Å²) in [6.07, 6.45) is 0. The molecule has 0 aliphatic rings. The van der Waals surface area contributed by atoms with Crippen molar-refractivity contribution in [1.29, 1.82) is 0 Å². The Labute approximate surface area is 126 Å². The molecular weight excluding hydrogens is 262 g/mol. The molecule has 0 aliphatic heterocycles. The summed E-state index contributed by atoms with van der Waals surface area (Å²) in [5.74, 6) is 1.87. The molecule has 0 heterocycles. The average Bonchev–Trinajstić information content (AvgIpc) is 2.49. The van der Waals surface area contributed by atoms with E-state index in [-0.39, 0.29) is 0 Å². The molecule has 0 saturated carbocycles. The Morgan fingerprint density at radius 3 is 2.67 bits per heavy atom. The third-order valence-corrected chi connectivity index (χ3v) is 3.13. The van der Waals surface area contributed by atoms with Crippen molar-refractivity contribution in [2.24, 2.45) is 0 Å². The normalized spacial score (nSPS) is 10.4. The minimum atomic E-state index is 0.653. The summed E-state index contributed by atoms with van der Waals surface area (Å²) in [5.41, 5.74) is 2.39. The van der Waals surface area contributed by atoms with E-state index in [1.165, 1.54) is 11.1 Å². The van der Waals surface area contributed by atoms with Gasteiger partial charge in [-0.15, -0.1) is 0 Å².